The molecule has 1 aromatic carbocycles. The average Bonchev–Trinajstić information content (AvgIpc) is 2.40. The third-order valence-electron chi connectivity index (χ3n) is 2.45. The normalized spacial score (nSPS) is 15.1. The molecule has 0 aliphatic carbocycles. The van der Waals surface area contributed by atoms with Crippen LogP contribution in [-0.4, -0.2) is 31.7 Å². The standard InChI is InChI=1S/C12H16N2O2S/c1-15-9-4-5-10(11(8-9)16-2)14-12-13-6-3-7-17-12/h4-5,8H,3,6-7H2,1-2H3,(H,13,14). The Morgan fingerprint density at radius 3 is 2.82 bits per heavy atom. The van der Waals surface area contributed by atoms with E-state index in [1.165, 1.54) is 0 Å². The maximum absolute atomic E-state index is 5.32. The molecule has 1 aliphatic heterocycles. The first-order chi connectivity index (χ1) is 8.33. The van der Waals surface area contributed by atoms with Crippen LogP contribution in [0.4, 0.5) is 5.69 Å². The summed E-state index contributed by atoms with van der Waals surface area (Å²) in [4.78, 5) is 4.42. The summed E-state index contributed by atoms with van der Waals surface area (Å²) in [7, 11) is 3.29. The molecule has 0 atom stereocenters. The van der Waals surface area contributed by atoms with Gasteiger partial charge in [-0.2, -0.15) is 0 Å². The molecule has 0 spiro atoms. The van der Waals surface area contributed by atoms with Crippen molar-refractivity contribution in [1.29, 1.82) is 0 Å². The maximum Gasteiger partial charge on any atom is 0.161 e. The van der Waals surface area contributed by atoms with Gasteiger partial charge < -0.3 is 14.8 Å². The van der Waals surface area contributed by atoms with Gasteiger partial charge in [0.05, 0.1) is 19.9 Å². The molecular weight excluding hydrogens is 236 g/mol. The van der Waals surface area contributed by atoms with Crippen molar-refractivity contribution in [1.82, 2.24) is 0 Å². The summed E-state index contributed by atoms with van der Waals surface area (Å²) < 4.78 is 10.5. The van der Waals surface area contributed by atoms with E-state index in [1.807, 2.05) is 18.2 Å². The molecule has 0 bridgehead atoms. The molecule has 0 saturated heterocycles. The number of nitrogens with zero attached hydrogens (tertiary/aromatic N) is 1. The lowest BCUT2D eigenvalue weighted by atomic mass is 10.3. The van der Waals surface area contributed by atoms with E-state index in [1.54, 1.807) is 26.0 Å². The molecule has 5 heteroatoms. The molecule has 1 N–H and O–H groups in total. The number of aliphatic imine (C=N–C) groups is 1. The largest absolute Gasteiger partial charge is 0.497 e. The molecule has 0 fully saturated rings. The first kappa shape index (κ1) is 12.1. The fraction of sp³-hybridized carbons (Fsp3) is 0.417. The Morgan fingerprint density at radius 2 is 2.18 bits per heavy atom. The fourth-order valence-corrected chi connectivity index (χ4v) is 2.38. The number of methoxy groups -OCH3 is 2. The molecule has 0 radical (unpaired) electrons. The number of ether oxygens (including phenoxy) is 2. The van der Waals surface area contributed by atoms with Crippen molar-refractivity contribution < 1.29 is 9.47 Å². The monoisotopic (exact) mass is 252 g/mol. The zero-order chi connectivity index (χ0) is 12.1. The van der Waals surface area contributed by atoms with Gasteiger partial charge in [-0.15, -0.1) is 0 Å². The predicted octanol–water partition coefficient (Wildman–Crippen LogP) is 2.61. The summed E-state index contributed by atoms with van der Waals surface area (Å²) in [6.07, 6.45) is 1.15. The van der Waals surface area contributed by atoms with Crippen LogP contribution in [0.25, 0.3) is 0 Å². The van der Waals surface area contributed by atoms with E-state index in [0.717, 1.165) is 41.1 Å². The Morgan fingerprint density at radius 1 is 1.29 bits per heavy atom. The second kappa shape index (κ2) is 5.82. The quantitative estimate of drug-likeness (QED) is 0.898. The molecule has 92 valence electrons. The highest BCUT2D eigenvalue weighted by Gasteiger charge is 2.10. The van der Waals surface area contributed by atoms with Gasteiger partial charge in [-0.25, -0.2) is 0 Å². The molecule has 1 aliphatic rings. The van der Waals surface area contributed by atoms with Gasteiger partial charge in [-0.1, -0.05) is 11.8 Å². The van der Waals surface area contributed by atoms with Crippen molar-refractivity contribution in [3.63, 3.8) is 0 Å². The van der Waals surface area contributed by atoms with Gasteiger partial charge in [0.15, 0.2) is 5.17 Å². The molecule has 1 aromatic rings. The number of rotatable bonds is 3. The van der Waals surface area contributed by atoms with Crippen molar-refractivity contribution in [3.05, 3.63) is 18.2 Å². The van der Waals surface area contributed by atoms with E-state index >= 15 is 0 Å². The van der Waals surface area contributed by atoms with E-state index in [9.17, 15) is 0 Å². The zero-order valence-corrected chi connectivity index (χ0v) is 10.8. The van der Waals surface area contributed by atoms with Gasteiger partial charge in [0, 0.05) is 18.4 Å². The Kier molecular flexibility index (Phi) is 4.14. The van der Waals surface area contributed by atoms with Crippen LogP contribution in [0, 0.1) is 0 Å². The Balaban J connectivity index is 2.16. The molecule has 17 heavy (non-hydrogen) atoms. The molecular formula is C12H16N2O2S. The zero-order valence-electron chi connectivity index (χ0n) is 10.0. The lowest BCUT2D eigenvalue weighted by Gasteiger charge is -2.16. The summed E-state index contributed by atoms with van der Waals surface area (Å²) in [5, 5.41) is 4.24. The maximum atomic E-state index is 5.32. The Bertz CT molecular complexity index is 421. The van der Waals surface area contributed by atoms with Gasteiger partial charge in [-0.05, 0) is 18.6 Å². The number of anilines is 1. The van der Waals surface area contributed by atoms with Crippen LogP contribution in [-0.2, 0) is 0 Å². The van der Waals surface area contributed by atoms with E-state index in [0.29, 0.717) is 0 Å². The number of nitrogens with one attached hydrogen (secondary N) is 1. The van der Waals surface area contributed by atoms with E-state index in [2.05, 4.69) is 10.3 Å². The van der Waals surface area contributed by atoms with Gasteiger partial charge in [-0.3, -0.25) is 4.99 Å². The van der Waals surface area contributed by atoms with Gasteiger partial charge in [0.2, 0.25) is 0 Å². The number of hydrogen-bond donors (Lipinski definition) is 1. The van der Waals surface area contributed by atoms with Crippen LogP contribution in [0.2, 0.25) is 0 Å². The van der Waals surface area contributed by atoms with Crippen LogP contribution >= 0.6 is 11.8 Å². The van der Waals surface area contributed by atoms with Crippen molar-refractivity contribution in [2.24, 2.45) is 4.99 Å². The van der Waals surface area contributed by atoms with Gasteiger partial charge in [0.1, 0.15) is 11.5 Å². The minimum absolute atomic E-state index is 0.762. The number of thioether (sulfide) groups is 1. The minimum atomic E-state index is 0.762. The van der Waals surface area contributed by atoms with E-state index in [4.69, 9.17) is 9.47 Å². The first-order valence-corrected chi connectivity index (χ1v) is 6.48. The van der Waals surface area contributed by atoms with Crippen molar-refractivity contribution in [2.45, 2.75) is 6.42 Å². The molecule has 4 nitrogen and oxygen atoms in total. The third-order valence-corrected chi connectivity index (χ3v) is 3.44. The molecule has 0 saturated carbocycles. The van der Waals surface area contributed by atoms with Crippen molar-refractivity contribution in [3.8, 4) is 11.5 Å². The van der Waals surface area contributed by atoms with Crippen molar-refractivity contribution >= 4 is 22.6 Å². The van der Waals surface area contributed by atoms with Crippen LogP contribution in [0.15, 0.2) is 23.2 Å². The summed E-state index contributed by atoms with van der Waals surface area (Å²) in [5.41, 5.74) is 0.918. The van der Waals surface area contributed by atoms with Crippen LogP contribution in [0.3, 0.4) is 0 Å². The van der Waals surface area contributed by atoms with E-state index < -0.39 is 0 Å². The second-order valence-corrected chi connectivity index (χ2v) is 4.66. The van der Waals surface area contributed by atoms with Gasteiger partial charge in [0.25, 0.3) is 0 Å². The predicted molar refractivity (Wildman–Crippen MR) is 72.5 cm³/mol. The lowest BCUT2D eigenvalue weighted by molar-refractivity contribution is 0.395. The highest BCUT2D eigenvalue weighted by Crippen LogP contribution is 2.30. The summed E-state index contributed by atoms with van der Waals surface area (Å²) in [5.74, 6) is 2.66. The second-order valence-electron chi connectivity index (χ2n) is 3.58. The Labute approximate surface area is 105 Å². The van der Waals surface area contributed by atoms with Crippen molar-refractivity contribution in [2.75, 3.05) is 31.8 Å². The smallest absolute Gasteiger partial charge is 0.161 e. The van der Waals surface area contributed by atoms with Crippen LogP contribution < -0.4 is 14.8 Å². The summed E-state index contributed by atoms with van der Waals surface area (Å²) in [6, 6.07) is 5.70. The SMILES string of the molecule is COc1ccc(NC2=NCCCS2)c(OC)c1. The minimum Gasteiger partial charge on any atom is -0.497 e. The fourth-order valence-electron chi connectivity index (χ4n) is 1.55. The van der Waals surface area contributed by atoms with E-state index in [-0.39, 0.29) is 0 Å². The highest BCUT2D eigenvalue weighted by molar-refractivity contribution is 8.14. The summed E-state index contributed by atoms with van der Waals surface area (Å²) >= 11 is 1.74. The molecule has 0 amide bonds. The molecule has 0 aromatic heterocycles. The first-order valence-electron chi connectivity index (χ1n) is 5.50. The van der Waals surface area contributed by atoms with Crippen LogP contribution in [0.1, 0.15) is 6.42 Å². The van der Waals surface area contributed by atoms with Gasteiger partial charge >= 0.3 is 0 Å². The number of amidine groups is 1. The number of benzene rings is 1. The highest BCUT2D eigenvalue weighted by atomic mass is 32.2. The topological polar surface area (TPSA) is 42.8 Å². The molecule has 1 heterocycles. The molecule has 0 unspecified atom stereocenters. The van der Waals surface area contributed by atoms with Crippen LogP contribution in [0.5, 0.6) is 11.5 Å². The average molecular weight is 252 g/mol. The Hall–Kier alpha value is -1.36. The third kappa shape index (κ3) is 3.06. The summed E-state index contributed by atoms with van der Waals surface area (Å²) in [6.45, 7) is 0.897. The molecule has 2 rings (SSSR count). The number of hydrogen-bond acceptors (Lipinski definition) is 5. The lowest BCUT2D eigenvalue weighted by Crippen LogP contribution is -2.13.